The number of nitrogens with one attached hydrogen (secondary N) is 3. The summed E-state index contributed by atoms with van der Waals surface area (Å²) in [5.74, 6) is -2.54. The Balaban J connectivity index is 0.000000130. The molecule has 1 aliphatic carbocycles. The number of benzene rings is 3. The van der Waals surface area contributed by atoms with Crippen molar-refractivity contribution in [3.05, 3.63) is 219 Å². The molecule has 1 saturated carbocycles. The lowest BCUT2D eigenvalue weighted by molar-refractivity contribution is -0.120. The average molecular weight is 1210 g/mol. The SMILES string of the molecule is CC1(C(=O)Nc2cnc(-c3cc(-c4ccon4)n(Cc4cccc(F)c4F)n3)nc2N)CC1.O=c1[nH]c(-c2cc(-c3ccon3)n(Cc3ccccc3)n2)ncc1F.O=c1[nH]c(-c2cc(-c3ccon3)n(Cc3ccccc3F)n2)ncc1-c1nccs1. The number of nitrogen functional groups attached to an aromatic ring is 1. The number of carbonyl (C=O) groups excluding carboxylic acids is 1. The van der Waals surface area contributed by atoms with E-state index in [9.17, 15) is 31.9 Å². The second kappa shape index (κ2) is 24.5. The molecule has 0 radical (unpaired) electrons. The van der Waals surface area contributed by atoms with Crippen molar-refractivity contribution in [2.24, 2.45) is 5.41 Å². The second-order valence-corrected chi connectivity index (χ2v) is 20.8. The fourth-order valence-electron chi connectivity index (χ4n) is 8.83. The number of rotatable bonds is 15. The van der Waals surface area contributed by atoms with E-state index < -0.39 is 23.0 Å². The van der Waals surface area contributed by atoms with E-state index in [2.05, 4.69) is 71.0 Å². The number of nitrogens with two attached hydrogens (primary N) is 1. The van der Waals surface area contributed by atoms with Crippen LogP contribution in [0.25, 0.3) is 79.3 Å². The number of amides is 1. The summed E-state index contributed by atoms with van der Waals surface area (Å²) in [4.78, 5) is 62.4. The first-order valence-electron chi connectivity index (χ1n) is 26.6. The van der Waals surface area contributed by atoms with E-state index in [1.165, 1.54) is 65.4 Å². The largest absolute Gasteiger partial charge is 0.382 e. The van der Waals surface area contributed by atoms with Crippen LogP contribution >= 0.6 is 11.3 Å². The molecule has 24 nitrogen and oxygen atoms in total. The van der Waals surface area contributed by atoms with Crippen molar-refractivity contribution in [1.82, 2.24) is 79.7 Å². The molecule has 0 bridgehead atoms. The molecule has 10 heterocycles. The Morgan fingerprint density at radius 2 is 1.17 bits per heavy atom. The number of nitrogens with zero attached hydrogens (tertiary/aromatic N) is 14. The summed E-state index contributed by atoms with van der Waals surface area (Å²) < 4.78 is 74.8. The molecule has 29 heteroatoms. The third-order valence-electron chi connectivity index (χ3n) is 13.8. The molecule has 0 saturated heterocycles. The van der Waals surface area contributed by atoms with E-state index >= 15 is 0 Å². The van der Waals surface area contributed by atoms with Crippen LogP contribution in [0.1, 0.15) is 36.5 Å². The zero-order chi connectivity index (χ0) is 60.9. The molecule has 88 heavy (non-hydrogen) atoms. The number of aromatic nitrogens is 16. The predicted octanol–water partition coefficient (Wildman–Crippen LogP) is 9.72. The molecule has 0 spiro atoms. The molecule has 0 atom stereocenters. The molecular formula is C59H44F4N18O6S. The van der Waals surface area contributed by atoms with Gasteiger partial charge in [-0.3, -0.25) is 28.4 Å². The van der Waals surface area contributed by atoms with E-state index in [4.69, 9.17) is 19.3 Å². The van der Waals surface area contributed by atoms with Crippen molar-refractivity contribution in [2.45, 2.75) is 39.4 Å². The maximum absolute atomic E-state index is 14.3. The van der Waals surface area contributed by atoms with Crippen LogP contribution < -0.4 is 22.2 Å². The van der Waals surface area contributed by atoms with Crippen molar-refractivity contribution in [3.63, 3.8) is 0 Å². The standard InChI is InChI=1S/C22H19F2N7O2.C20H13FN6O2S.C17H12FN5O2/c1-22(6-7-22)21(32)27-16-10-26-20(28-19(16)25)15-9-17(14-5-8-33-30-14)31(29-15)11-12-3-2-4-13(23)18(12)24;21-14-4-2-1-3-12(14)11-27-17(15-5-7-29-26-15)9-16(25-27)18-23-10-13(19(28)24-18)20-22-6-8-30-20;18-12-9-19-16(20-17(12)24)14-8-15(13-6-7-25-22-13)23(21-14)10-11-4-2-1-3-5-11/h2-5,8-10H,6-7,11H2,1H3,(H,27,32)(H2,25,26,28);1-10H,11H2,(H,23,24,28);1-9H,10H2,(H,19,20,24). The summed E-state index contributed by atoms with van der Waals surface area (Å²) in [5.41, 5.74) is 11.4. The Hall–Kier alpha value is -11.6. The Morgan fingerprint density at radius 1 is 0.614 bits per heavy atom. The van der Waals surface area contributed by atoms with E-state index in [-0.39, 0.29) is 64.6 Å². The van der Waals surface area contributed by atoms with Crippen LogP contribution in [0.4, 0.5) is 29.1 Å². The topological polar surface area (TPSA) is 317 Å². The molecule has 0 aliphatic heterocycles. The first-order chi connectivity index (χ1) is 42.7. The zero-order valence-corrected chi connectivity index (χ0v) is 46.6. The Bertz CT molecular complexity index is 4700. The van der Waals surface area contributed by atoms with Gasteiger partial charge in [-0.15, -0.1) is 11.3 Å². The lowest BCUT2D eigenvalue weighted by Crippen LogP contribution is -2.22. The number of thiazole rings is 1. The first-order valence-corrected chi connectivity index (χ1v) is 27.5. The predicted molar refractivity (Wildman–Crippen MR) is 310 cm³/mol. The van der Waals surface area contributed by atoms with Crippen molar-refractivity contribution in [1.29, 1.82) is 0 Å². The minimum atomic E-state index is -0.953. The van der Waals surface area contributed by atoms with Crippen LogP contribution in [0.15, 0.2) is 181 Å². The molecule has 440 valence electrons. The summed E-state index contributed by atoms with van der Waals surface area (Å²) in [5, 5.41) is 30.4. The Morgan fingerprint density at radius 3 is 1.74 bits per heavy atom. The molecule has 1 amide bonds. The van der Waals surface area contributed by atoms with Crippen molar-refractivity contribution in [3.8, 4) is 79.3 Å². The van der Waals surface area contributed by atoms with E-state index in [1.807, 2.05) is 37.3 Å². The van der Waals surface area contributed by atoms with Gasteiger partial charge in [0.2, 0.25) is 11.7 Å². The molecule has 0 unspecified atom stereocenters. The third-order valence-corrected chi connectivity index (χ3v) is 14.6. The van der Waals surface area contributed by atoms with Crippen molar-refractivity contribution < 1.29 is 35.9 Å². The van der Waals surface area contributed by atoms with Crippen molar-refractivity contribution >= 4 is 28.7 Å². The summed E-state index contributed by atoms with van der Waals surface area (Å²) in [6.07, 6.45) is 11.3. The van der Waals surface area contributed by atoms with Gasteiger partial charge in [-0.2, -0.15) is 19.7 Å². The van der Waals surface area contributed by atoms with E-state index in [0.29, 0.717) is 79.6 Å². The summed E-state index contributed by atoms with van der Waals surface area (Å²) in [6, 6.07) is 30.3. The van der Waals surface area contributed by atoms with Gasteiger partial charge in [0, 0.05) is 52.5 Å². The molecule has 1 aliphatic rings. The van der Waals surface area contributed by atoms with Gasteiger partial charge < -0.3 is 34.6 Å². The minimum Gasteiger partial charge on any atom is -0.382 e. The fraction of sp³-hybridized carbons (Fsp3) is 0.119. The normalized spacial score (nSPS) is 12.2. The third kappa shape index (κ3) is 12.4. The maximum atomic E-state index is 14.3. The number of hydrogen-bond donors (Lipinski definition) is 4. The Labute approximate surface area is 496 Å². The first kappa shape index (κ1) is 56.8. The summed E-state index contributed by atoms with van der Waals surface area (Å²) in [6.45, 7) is 2.49. The fourth-order valence-corrected chi connectivity index (χ4v) is 9.47. The quantitative estimate of drug-likeness (QED) is 0.0694. The molecule has 14 rings (SSSR count). The van der Waals surface area contributed by atoms with Crippen LogP contribution in [-0.4, -0.2) is 85.6 Å². The minimum absolute atomic E-state index is 0.0615. The average Bonchev–Trinajstić information content (AvgIpc) is 3.63. The van der Waals surface area contributed by atoms with Crippen LogP contribution in [0.3, 0.4) is 0 Å². The number of aromatic amines is 2. The van der Waals surface area contributed by atoms with Gasteiger partial charge in [0.05, 0.1) is 54.7 Å². The maximum Gasteiger partial charge on any atom is 0.287 e. The van der Waals surface area contributed by atoms with Gasteiger partial charge in [-0.25, -0.2) is 38.1 Å². The van der Waals surface area contributed by atoms with Gasteiger partial charge in [0.15, 0.2) is 34.9 Å². The lowest BCUT2D eigenvalue weighted by Gasteiger charge is -2.11. The molecule has 10 aromatic heterocycles. The monoisotopic (exact) mass is 1210 g/mol. The number of halogens is 4. The van der Waals surface area contributed by atoms with Gasteiger partial charge in [0.1, 0.15) is 69.5 Å². The molecule has 1 fully saturated rings. The highest BCUT2D eigenvalue weighted by atomic mass is 32.1. The van der Waals surface area contributed by atoms with E-state index in [1.54, 1.807) is 75.5 Å². The number of anilines is 2. The Kier molecular flexibility index (Phi) is 15.8. The van der Waals surface area contributed by atoms with Gasteiger partial charge >= 0.3 is 0 Å². The second-order valence-electron chi connectivity index (χ2n) is 19.9. The smallest absolute Gasteiger partial charge is 0.287 e. The van der Waals surface area contributed by atoms with E-state index in [0.717, 1.165) is 30.7 Å². The summed E-state index contributed by atoms with van der Waals surface area (Å²) in [7, 11) is 0. The highest BCUT2D eigenvalue weighted by Crippen LogP contribution is 2.46. The number of carbonyl (C=O) groups is 1. The number of hydrogen-bond acceptors (Lipinski definition) is 19. The van der Waals surface area contributed by atoms with Gasteiger partial charge in [0.25, 0.3) is 11.1 Å². The molecule has 5 N–H and O–H groups in total. The molecule has 3 aromatic carbocycles. The summed E-state index contributed by atoms with van der Waals surface area (Å²) >= 11 is 1.35. The highest BCUT2D eigenvalue weighted by molar-refractivity contribution is 7.13. The molecular weight excluding hydrogens is 1160 g/mol. The highest BCUT2D eigenvalue weighted by Gasteiger charge is 2.45. The van der Waals surface area contributed by atoms with Crippen molar-refractivity contribution in [2.75, 3.05) is 11.1 Å². The van der Waals surface area contributed by atoms with Crippen LogP contribution in [0.5, 0.6) is 0 Å². The zero-order valence-electron chi connectivity index (χ0n) is 45.8. The van der Waals surface area contributed by atoms with Gasteiger partial charge in [-0.05, 0) is 48.7 Å². The van der Waals surface area contributed by atoms with Crippen LogP contribution in [0.2, 0.25) is 0 Å². The number of H-pyrrole nitrogens is 2. The lowest BCUT2D eigenvalue weighted by atomic mass is 10.1. The van der Waals surface area contributed by atoms with Gasteiger partial charge in [-0.1, -0.05) is 83.1 Å². The van der Waals surface area contributed by atoms with Crippen LogP contribution in [0, 0.1) is 28.7 Å². The molecule has 13 aromatic rings. The van der Waals surface area contributed by atoms with Crippen LogP contribution in [-0.2, 0) is 24.4 Å².